The Hall–Kier alpha value is -1.35. The molecular formula is C16H26N2O. The van der Waals surface area contributed by atoms with E-state index >= 15 is 0 Å². The third-order valence-electron chi connectivity index (χ3n) is 3.44. The van der Waals surface area contributed by atoms with E-state index in [0.717, 1.165) is 12.0 Å². The van der Waals surface area contributed by atoms with Crippen LogP contribution in [0.3, 0.4) is 0 Å². The highest BCUT2D eigenvalue weighted by molar-refractivity contribution is 5.79. The van der Waals surface area contributed by atoms with Crippen LogP contribution in [0.5, 0.6) is 0 Å². The lowest BCUT2D eigenvalue weighted by Crippen LogP contribution is -2.36. The standard InChI is InChI=1S/C16H26N2O/c1-12-5-6-13(2)14(9-12)10-15(19)18-11-16(3,4)7-8-17/h5-6,9H,7-8,10-11,17H2,1-4H3,(H,18,19). The fourth-order valence-electron chi connectivity index (χ4n) is 2.04. The normalized spacial score (nSPS) is 11.4. The van der Waals surface area contributed by atoms with Gasteiger partial charge in [-0.3, -0.25) is 4.79 Å². The van der Waals surface area contributed by atoms with E-state index in [2.05, 4.69) is 37.4 Å². The summed E-state index contributed by atoms with van der Waals surface area (Å²) in [6.45, 7) is 9.66. The van der Waals surface area contributed by atoms with Gasteiger partial charge in [-0.15, -0.1) is 0 Å². The van der Waals surface area contributed by atoms with Crippen LogP contribution >= 0.6 is 0 Å². The van der Waals surface area contributed by atoms with Crippen LogP contribution in [0.15, 0.2) is 18.2 Å². The van der Waals surface area contributed by atoms with E-state index in [9.17, 15) is 4.79 Å². The maximum atomic E-state index is 12.0. The number of rotatable bonds is 6. The Bertz CT molecular complexity index is 438. The van der Waals surface area contributed by atoms with Gasteiger partial charge in [-0.2, -0.15) is 0 Å². The number of nitrogens with two attached hydrogens (primary N) is 1. The van der Waals surface area contributed by atoms with Crippen LogP contribution in [-0.2, 0) is 11.2 Å². The van der Waals surface area contributed by atoms with E-state index in [1.54, 1.807) is 0 Å². The van der Waals surface area contributed by atoms with Gasteiger partial charge >= 0.3 is 0 Å². The van der Waals surface area contributed by atoms with Crippen molar-refractivity contribution in [1.82, 2.24) is 5.32 Å². The molecule has 0 aromatic heterocycles. The monoisotopic (exact) mass is 262 g/mol. The molecule has 0 saturated carbocycles. The average Bonchev–Trinajstić information content (AvgIpc) is 2.31. The lowest BCUT2D eigenvalue weighted by Gasteiger charge is -2.24. The van der Waals surface area contributed by atoms with Gasteiger partial charge in [0, 0.05) is 6.54 Å². The van der Waals surface area contributed by atoms with Crippen LogP contribution in [0, 0.1) is 19.3 Å². The smallest absolute Gasteiger partial charge is 0.224 e. The second-order valence-electron chi connectivity index (χ2n) is 6.09. The van der Waals surface area contributed by atoms with Crippen LogP contribution in [0.2, 0.25) is 0 Å². The molecule has 0 spiro atoms. The van der Waals surface area contributed by atoms with Crippen LogP contribution in [0.4, 0.5) is 0 Å². The molecule has 0 fully saturated rings. The first-order chi connectivity index (χ1) is 8.84. The van der Waals surface area contributed by atoms with Gasteiger partial charge in [0.25, 0.3) is 0 Å². The summed E-state index contributed by atoms with van der Waals surface area (Å²) in [5, 5.41) is 3.01. The molecule has 0 aliphatic carbocycles. The van der Waals surface area contributed by atoms with Gasteiger partial charge < -0.3 is 11.1 Å². The van der Waals surface area contributed by atoms with Crippen molar-refractivity contribution < 1.29 is 4.79 Å². The highest BCUT2D eigenvalue weighted by Gasteiger charge is 2.18. The van der Waals surface area contributed by atoms with Gasteiger partial charge in [-0.1, -0.05) is 37.6 Å². The van der Waals surface area contributed by atoms with E-state index in [-0.39, 0.29) is 11.3 Å². The minimum atomic E-state index is 0.0616. The Morgan fingerprint density at radius 1 is 1.32 bits per heavy atom. The van der Waals surface area contributed by atoms with Crippen LogP contribution in [0.25, 0.3) is 0 Å². The second kappa shape index (κ2) is 6.71. The predicted molar refractivity (Wildman–Crippen MR) is 80.1 cm³/mol. The molecule has 3 heteroatoms. The quantitative estimate of drug-likeness (QED) is 0.826. The molecule has 0 saturated heterocycles. The molecule has 1 amide bonds. The first kappa shape index (κ1) is 15.7. The van der Waals surface area contributed by atoms with Crippen molar-refractivity contribution in [2.45, 2.75) is 40.5 Å². The highest BCUT2D eigenvalue weighted by atomic mass is 16.1. The molecule has 3 nitrogen and oxygen atoms in total. The summed E-state index contributed by atoms with van der Waals surface area (Å²) in [6, 6.07) is 6.22. The largest absolute Gasteiger partial charge is 0.355 e. The maximum Gasteiger partial charge on any atom is 0.224 e. The molecule has 19 heavy (non-hydrogen) atoms. The molecular weight excluding hydrogens is 236 g/mol. The van der Waals surface area contributed by atoms with Crippen molar-refractivity contribution in [3.05, 3.63) is 34.9 Å². The first-order valence-electron chi connectivity index (χ1n) is 6.87. The lowest BCUT2D eigenvalue weighted by atomic mass is 9.89. The fourth-order valence-corrected chi connectivity index (χ4v) is 2.04. The molecule has 0 radical (unpaired) electrons. The number of aryl methyl sites for hydroxylation is 2. The van der Waals surface area contributed by atoms with Crippen molar-refractivity contribution in [1.29, 1.82) is 0 Å². The molecule has 106 valence electrons. The third-order valence-corrected chi connectivity index (χ3v) is 3.44. The van der Waals surface area contributed by atoms with Gasteiger partial charge in [-0.05, 0) is 43.4 Å². The predicted octanol–water partition coefficient (Wildman–Crippen LogP) is 2.34. The van der Waals surface area contributed by atoms with Crippen molar-refractivity contribution in [3.8, 4) is 0 Å². The van der Waals surface area contributed by atoms with Crippen molar-refractivity contribution >= 4 is 5.91 Å². The van der Waals surface area contributed by atoms with E-state index in [1.165, 1.54) is 11.1 Å². The summed E-state index contributed by atoms with van der Waals surface area (Å²) in [5.41, 5.74) is 9.10. The molecule has 0 atom stereocenters. The first-order valence-corrected chi connectivity index (χ1v) is 6.87. The zero-order valence-corrected chi connectivity index (χ0v) is 12.5. The Morgan fingerprint density at radius 3 is 2.63 bits per heavy atom. The number of benzene rings is 1. The molecule has 0 unspecified atom stereocenters. The van der Waals surface area contributed by atoms with Crippen molar-refractivity contribution in [2.24, 2.45) is 11.1 Å². The SMILES string of the molecule is Cc1ccc(C)c(CC(=O)NCC(C)(C)CCN)c1. The molecule has 1 aromatic carbocycles. The molecule has 0 heterocycles. The van der Waals surface area contributed by atoms with Crippen LogP contribution < -0.4 is 11.1 Å². The minimum absolute atomic E-state index is 0.0616. The summed E-state index contributed by atoms with van der Waals surface area (Å²) >= 11 is 0. The second-order valence-corrected chi connectivity index (χ2v) is 6.09. The molecule has 1 rings (SSSR count). The Balaban J connectivity index is 2.54. The Labute approximate surface area is 116 Å². The topological polar surface area (TPSA) is 55.1 Å². The molecule has 0 aliphatic heterocycles. The van der Waals surface area contributed by atoms with Crippen LogP contribution in [0.1, 0.15) is 37.0 Å². The summed E-state index contributed by atoms with van der Waals surface area (Å²) in [7, 11) is 0. The third kappa shape index (κ3) is 5.43. The molecule has 0 bridgehead atoms. The number of carbonyl (C=O) groups excluding carboxylic acids is 1. The Kier molecular flexibility index (Phi) is 5.55. The maximum absolute atomic E-state index is 12.0. The zero-order chi connectivity index (χ0) is 14.5. The molecule has 3 N–H and O–H groups in total. The molecule has 0 aliphatic rings. The van der Waals surface area contributed by atoms with E-state index < -0.39 is 0 Å². The van der Waals surface area contributed by atoms with Gasteiger partial charge in [0.1, 0.15) is 0 Å². The summed E-state index contributed by atoms with van der Waals surface area (Å²) in [5.74, 6) is 0.0822. The zero-order valence-electron chi connectivity index (χ0n) is 12.5. The number of amides is 1. The van der Waals surface area contributed by atoms with Gasteiger partial charge in [0.15, 0.2) is 0 Å². The number of hydrogen-bond donors (Lipinski definition) is 2. The highest BCUT2D eigenvalue weighted by Crippen LogP contribution is 2.18. The van der Waals surface area contributed by atoms with E-state index in [0.29, 0.717) is 19.5 Å². The van der Waals surface area contributed by atoms with Gasteiger partial charge in [0.2, 0.25) is 5.91 Å². The van der Waals surface area contributed by atoms with Gasteiger partial charge in [0.05, 0.1) is 6.42 Å². The molecule has 1 aromatic rings. The fraction of sp³-hybridized carbons (Fsp3) is 0.562. The van der Waals surface area contributed by atoms with E-state index in [4.69, 9.17) is 5.73 Å². The minimum Gasteiger partial charge on any atom is -0.355 e. The number of hydrogen-bond acceptors (Lipinski definition) is 2. The van der Waals surface area contributed by atoms with Crippen molar-refractivity contribution in [3.63, 3.8) is 0 Å². The van der Waals surface area contributed by atoms with Crippen LogP contribution in [-0.4, -0.2) is 19.0 Å². The number of carbonyl (C=O) groups is 1. The van der Waals surface area contributed by atoms with E-state index in [1.807, 2.05) is 13.8 Å². The summed E-state index contributed by atoms with van der Waals surface area (Å²) < 4.78 is 0. The number of nitrogens with one attached hydrogen (secondary N) is 1. The lowest BCUT2D eigenvalue weighted by molar-refractivity contribution is -0.120. The summed E-state index contributed by atoms with van der Waals surface area (Å²) in [4.78, 5) is 12.0. The Morgan fingerprint density at radius 2 is 2.00 bits per heavy atom. The van der Waals surface area contributed by atoms with Gasteiger partial charge in [-0.25, -0.2) is 0 Å². The summed E-state index contributed by atoms with van der Waals surface area (Å²) in [6.07, 6.45) is 1.36. The average molecular weight is 262 g/mol. The van der Waals surface area contributed by atoms with Crippen molar-refractivity contribution in [2.75, 3.05) is 13.1 Å².